The summed E-state index contributed by atoms with van der Waals surface area (Å²) in [5.74, 6) is -1.20. The predicted molar refractivity (Wildman–Crippen MR) is 72.2 cm³/mol. The Hall–Kier alpha value is -2.36. The summed E-state index contributed by atoms with van der Waals surface area (Å²) in [4.78, 5) is 15.2. The number of carbonyl (C=O) groups is 1. The van der Waals surface area contributed by atoms with Crippen LogP contribution in [0.2, 0.25) is 0 Å². The Morgan fingerprint density at radius 1 is 1.47 bits per heavy atom. The summed E-state index contributed by atoms with van der Waals surface area (Å²) in [6.07, 6.45) is 9.60. The molecule has 0 aliphatic heterocycles. The minimum atomic E-state index is -0.769. The Labute approximate surface area is 111 Å². The van der Waals surface area contributed by atoms with Crippen molar-refractivity contribution in [1.29, 1.82) is 0 Å². The van der Waals surface area contributed by atoms with E-state index in [9.17, 15) is 4.79 Å². The molecule has 0 amide bonds. The van der Waals surface area contributed by atoms with Crippen LogP contribution >= 0.6 is 0 Å². The SMILES string of the molecule is Cc1c(-n2ccnc2)ccc2c1CC(C(=O)O)C=C2. The van der Waals surface area contributed by atoms with Gasteiger partial charge in [-0.2, -0.15) is 0 Å². The van der Waals surface area contributed by atoms with Gasteiger partial charge in [-0.25, -0.2) is 4.98 Å². The van der Waals surface area contributed by atoms with Gasteiger partial charge >= 0.3 is 5.97 Å². The maximum atomic E-state index is 11.1. The number of carboxylic acids is 1. The monoisotopic (exact) mass is 254 g/mol. The van der Waals surface area contributed by atoms with Crippen LogP contribution in [0.4, 0.5) is 0 Å². The third-order valence-corrected chi connectivity index (χ3v) is 3.64. The summed E-state index contributed by atoms with van der Waals surface area (Å²) in [5.41, 5.74) is 4.39. The highest BCUT2D eigenvalue weighted by atomic mass is 16.4. The van der Waals surface area contributed by atoms with E-state index < -0.39 is 11.9 Å². The summed E-state index contributed by atoms with van der Waals surface area (Å²) in [5, 5.41) is 9.14. The van der Waals surface area contributed by atoms with Crippen molar-refractivity contribution in [3.63, 3.8) is 0 Å². The van der Waals surface area contributed by atoms with Crippen LogP contribution in [-0.4, -0.2) is 20.6 Å². The molecule has 4 heteroatoms. The normalized spacial score (nSPS) is 17.2. The zero-order chi connectivity index (χ0) is 13.4. The van der Waals surface area contributed by atoms with Crippen LogP contribution in [0.3, 0.4) is 0 Å². The molecule has 19 heavy (non-hydrogen) atoms. The number of hydrogen-bond acceptors (Lipinski definition) is 2. The van der Waals surface area contributed by atoms with Gasteiger partial charge in [-0.3, -0.25) is 4.79 Å². The molecule has 96 valence electrons. The fraction of sp³-hybridized carbons (Fsp3) is 0.200. The Kier molecular flexibility index (Phi) is 2.71. The van der Waals surface area contributed by atoms with Crippen LogP contribution < -0.4 is 0 Å². The van der Waals surface area contributed by atoms with Gasteiger partial charge in [-0.05, 0) is 36.1 Å². The molecule has 0 saturated heterocycles. The third-order valence-electron chi connectivity index (χ3n) is 3.64. The fourth-order valence-electron chi connectivity index (χ4n) is 2.55. The lowest BCUT2D eigenvalue weighted by molar-refractivity contribution is -0.140. The molecule has 1 N–H and O–H groups in total. The van der Waals surface area contributed by atoms with Gasteiger partial charge in [0.25, 0.3) is 0 Å². The van der Waals surface area contributed by atoms with Crippen LogP contribution in [0.5, 0.6) is 0 Å². The molecule has 0 spiro atoms. The number of nitrogens with zero attached hydrogens (tertiary/aromatic N) is 2. The van der Waals surface area contributed by atoms with E-state index in [1.165, 1.54) is 0 Å². The van der Waals surface area contributed by atoms with Gasteiger partial charge in [0.05, 0.1) is 12.2 Å². The molecule has 0 bridgehead atoms. The van der Waals surface area contributed by atoms with Crippen molar-refractivity contribution in [2.24, 2.45) is 5.92 Å². The van der Waals surface area contributed by atoms with Crippen molar-refractivity contribution in [3.05, 3.63) is 53.6 Å². The Bertz CT molecular complexity index is 657. The molecule has 1 aromatic carbocycles. The second kappa shape index (κ2) is 4.39. The first-order chi connectivity index (χ1) is 9.16. The predicted octanol–water partition coefficient (Wildman–Crippen LogP) is 2.45. The molecular weight excluding hydrogens is 240 g/mol. The van der Waals surface area contributed by atoms with E-state index in [1.807, 2.05) is 35.9 Å². The number of imidazole rings is 1. The Balaban J connectivity index is 2.09. The highest BCUT2D eigenvalue weighted by Crippen LogP contribution is 2.29. The molecule has 1 unspecified atom stereocenters. The quantitative estimate of drug-likeness (QED) is 0.895. The van der Waals surface area contributed by atoms with Crippen LogP contribution in [0.15, 0.2) is 36.9 Å². The highest BCUT2D eigenvalue weighted by molar-refractivity contribution is 5.77. The van der Waals surface area contributed by atoms with Crippen LogP contribution in [-0.2, 0) is 11.2 Å². The van der Waals surface area contributed by atoms with Gasteiger partial charge < -0.3 is 9.67 Å². The first kappa shape index (κ1) is 11.7. The number of aliphatic carboxylic acids is 1. The second-order valence-electron chi connectivity index (χ2n) is 4.76. The van der Waals surface area contributed by atoms with E-state index in [0.29, 0.717) is 6.42 Å². The van der Waals surface area contributed by atoms with Crippen LogP contribution in [0.25, 0.3) is 11.8 Å². The number of hydrogen-bond donors (Lipinski definition) is 1. The maximum absolute atomic E-state index is 11.1. The van der Waals surface area contributed by atoms with Gasteiger partial charge in [0, 0.05) is 18.1 Å². The van der Waals surface area contributed by atoms with Crippen molar-refractivity contribution in [2.75, 3.05) is 0 Å². The second-order valence-corrected chi connectivity index (χ2v) is 4.76. The standard InChI is InChI=1S/C15H14N2O2/c1-10-13-8-12(15(18)19)3-2-11(13)4-5-14(10)17-7-6-16-9-17/h2-7,9,12H,8H2,1H3,(H,18,19). The number of aromatic nitrogens is 2. The van der Waals surface area contributed by atoms with Crippen molar-refractivity contribution < 1.29 is 9.90 Å². The summed E-state index contributed by atoms with van der Waals surface area (Å²) in [6, 6.07) is 4.08. The Morgan fingerprint density at radius 3 is 3.00 bits per heavy atom. The molecule has 1 heterocycles. The molecule has 1 aliphatic carbocycles. The molecule has 4 nitrogen and oxygen atoms in total. The molecule has 0 fully saturated rings. The topological polar surface area (TPSA) is 55.1 Å². The van der Waals surface area contributed by atoms with Gasteiger partial charge in [0.2, 0.25) is 0 Å². The summed E-state index contributed by atoms with van der Waals surface area (Å²) in [7, 11) is 0. The lowest BCUT2D eigenvalue weighted by Gasteiger charge is -2.20. The fourth-order valence-corrected chi connectivity index (χ4v) is 2.55. The maximum Gasteiger partial charge on any atom is 0.310 e. The largest absolute Gasteiger partial charge is 0.481 e. The first-order valence-electron chi connectivity index (χ1n) is 6.18. The van der Waals surface area contributed by atoms with E-state index >= 15 is 0 Å². The van der Waals surface area contributed by atoms with Crippen molar-refractivity contribution in [3.8, 4) is 5.69 Å². The van der Waals surface area contributed by atoms with E-state index in [4.69, 9.17) is 5.11 Å². The van der Waals surface area contributed by atoms with E-state index in [1.54, 1.807) is 18.6 Å². The zero-order valence-electron chi connectivity index (χ0n) is 10.6. The van der Waals surface area contributed by atoms with E-state index in [0.717, 1.165) is 22.4 Å². The average Bonchev–Trinajstić information content (AvgIpc) is 2.92. The number of carboxylic acid groups (broad SMARTS) is 1. The van der Waals surface area contributed by atoms with Crippen molar-refractivity contribution in [1.82, 2.24) is 9.55 Å². The number of benzene rings is 1. The molecule has 0 saturated carbocycles. The third kappa shape index (κ3) is 1.95. The number of rotatable bonds is 2. The van der Waals surface area contributed by atoms with Gasteiger partial charge in [0.1, 0.15) is 0 Å². The molecule has 1 aromatic heterocycles. The lowest BCUT2D eigenvalue weighted by atomic mass is 9.86. The average molecular weight is 254 g/mol. The van der Waals surface area contributed by atoms with Crippen molar-refractivity contribution in [2.45, 2.75) is 13.3 Å². The molecule has 1 atom stereocenters. The molecule has 3 rings (SSSR count). The van der Waals surface area contributed by atoms with Gasteiger partial charge in [-0.15, -0.1) is 0 Å². The molecule has 2 aromatic rings. The Morgan fingerprint density at radius 2 is 2.32 bits per heavy atom. The van der Waals surface area contributed by atoms with E-state index in [2.05, 4.69) is 4.98 Å². The summed E-state index contributed by atoms with van der Waals surface area (Å²) >= 11 is 0. The minimum absolute atomic E-state index is 0.427. The number of fused-ring (bicyclic) bond motifs is 1. The summed E-state index contributed by atoms with van der Waals surface area (Å²) in [6.45, 7) is 2.03. The van der Waals surface area contributed by atoms with Crippen LogP contribution in [0.1, 0.15) is 16.7 Å². The van der Waals surface area contributed by atoms with Gasteiger partial charge in [0.15, 0.2) is 0 Å². The molecule has 0 radical (unpaired) electrons. The highest BCUT2D eigenvalue weighted by Gasteiger charge is 2.22. The van der Waals surface area contributed by atoms with Gasteiger partial charge in [-0.1, -0.05) is 18.2 Å². The van der Waals surface area contributed by atoms with E-state index in [-0.39, 0.29) is 0 Å². The van der Waals surface area contributed by atoms with Crippen molar-refractivity contribution >= 4 is 12.0 Å². The summed E-state index contributed by atoms with van der Waals surface area (Å²) < 4.78 is 1.95. The first-order valence-corrected chi connectivity index (χ1v) is 6.18. The molecule has 1 aliphatic rings. The lowest BCUT2D eigenvalue weighted by Crippen LogP contribution is -2.18. The minimum Gasteiger partial charge on any atom is -0.481 e. The molecular formula is C15H14N2O2. The zero-order valence-corrected chi connectivity index (χ0v) is 10.6. The smallest absolute Gasteiger partial charge is 0.310 e. The van der Waals surface area contributed by atoms with Crippen LogP contribution in [0, 0.1) is 12.8 Å².